The molecule has 0 aromatic carbocycles. The summed E-state index contributed by atoms with van der Waals surface area (Å²) in [5, 5.41) is 0. The summed E-state index contributed by atoms with van der Waals surface area (Å²) in [7, 11) is 0. The first kappa shape index (κ1) is 14.7. The van der Waals surface area contributed by atoms with Gasteiger partial charge in [-0.2, -0.15) is 0 Å². The van der Waals surface area contributed by atoms with Crippen LogP contribution in [-0.4, -0.2) is 0 Å². The Morgan fingerprint density at radius 3 is 1.93 bits per heavy atom. The molecule has 0 fully saturated rings. The van der Waals surface area contributed by atoms with Gasteiger partial charge in [0.15, 0.2) is 0 Å². The van der Waals surface area contributed by atoms with Gasteiger partial charge in [-0.1, -0.05) is 60.6 Å². The van der Waals surface area contributed by atoms with Gasteiger partial charge in [-0.25, -0.2) is 0 Å². The van der Waals surface area contributed by atoms with Crippen LogP contribution < -0.4 is 0 Å². The summed E-state index contributed by atoms with van der Waals surface area (Å²) in [4.78, 5) is 0. The summed E-state index contributed by atoms with van der Waals surface area (Å²) >= 11 is 0. The zero-order valence-electron chi connectivity index (χ0n) is 11.8. The van der Waals surface area contributed by atoms with Crippen molar-refractivity contribution in [3.63, 3.8) is 0 Å². The molecule has 2 unspecified atom stereocenters. The number of hydrogen-bond acceptors (Lipinski definition) is 0. The maximum Gasteiger partial charge on any atom is -0.0259 e. The van der Waals surface area contributed by atoms with E-state index in [2.05, 4.69) is 60.6 Å². The minimum Gasteiger partial charge on any atom is -0.0877 e. The third-order valence-corrected chi connectivity index (χ3v) is 3.08. The molecule has 0 heterocycles. The summed E-state index contributed by atoms with van der Waals surface area (Å²) < 4.78 is 0. The van der Waals surface area contributed by atoms with Gasteiger partial charge in [-0.3, -0.25) is 0 Å². The third-order valence-electron chi connectivity index (χ3n) is 3.08. The van der Waals surface area contributed by atoms with Crippen LogP contribution in [0.2, 0.25) is 0 Å². The maximum atomic E-state index is 2.39. The standard InChI is InChI=1S/C15H30/c1-12(2)14(4)11-13(3)9-8-10-15(5,6)7/h8-9,12-14H,10-11H2,1-7H3. The normalized spacial score (nSPS) is 17.3. The summed E-state index contributed by atoms with van der Waals surface area (Å²) in [5.41, 5.74) is 0.430. The fraction of sp³-hybridized carbons (Fsp3) is 0.867. The van der Waals surface area contributed by atoms with Crippen molar-refractivity contribution >= 4 is 0 Å². The molecule has 0 aromatic rings. The van der Waals surface area contributed by atoms with Crippen molar-refractivity contribution in [3.05, 3.63) is 12.2 Å². The Labute approximate surface area is 97.2 Å². The molecule has 0 amide bonds. The highest BCUT2D eigenvalue weighted by Gasteiger charge is 2.11. The van der Waals surface area contributed by atoms with Gasteiger partial charge >= 0.3 is 0 Å². The third kappa shape index (κ3) is 8.72. The van der Waals surface area contributed by atoms with Crippen LogP contribution >= 0.6 is 0 Å². The molecule has 0 rings (SSSR count). The smallest absolute Gasteiger partial charge is 0.0259 e. The molecule has 0 heteroatoms. The Morgan fingerprint density at radius 1 is 1.00 bits per heavy atom. The Morgan fingerprint density at radius 2 is 1.53 bits per heavy atom. The molecule has 0 aliphatic rings. The van der Waals surface area contributed by atoms with Crippen LogP contribution in [0, 0.1) is 23.2 Å². The van der Waals surface area contributed by atoms with Gasteiger partial charge in [-0.05, 0) is 36.0 Å². The zero-order valence-corrected chi connectivity index (χ0v) is 11.8. The first-order valence-electron chi connectivity index (χ1n) is 6.39. The van der Waals surface area contributed by atoms with Crippen LogP contribution in [0.15, 0.2) is 12.2 Å². The van der Waals surface area contributed by atoms with Gasteiger partial charge in [-0.15, -0.1) is 0 Å². The van der Waals surface area contributed by atoms with Crippen LogP contribution in [-0.2, 0) is 0 Å². The fourth-order valence-corrected chi connectivity index (χ4v) is 1.59. The van der Waals surface area contributed by atoms with E-state index in [4.69, 9.17) is 0 Å². The van der Waals surface area contributed by atoms with Gasteiger partial charge < -0.3 is 0 Å². The lowest BCUT2D eigenvalue weighted by Gasteiger charge is -2.19. The van der Waals surface area contributed by atoms with Crippen molar-refractivity contribution in [3.8, 4) is 0 Å². The summed E-state index contributed by atoms with van der Waals surface area (Å²) in [6, 6.07) is 0. The highest BCUT2D eigenvalue weighted by Crippen LogP contribution is 2.22. The topological polar surface area (TPSA) is 0 Å². The summed E-state index contributed by atoms with van der Waals surface area (Å²) in [6.07, 6.45) is 7.26. The van der Waals surface area contributed by atoms with E-state index in [1.165, 1.54) is 12.8 Å². The van der Waals surface area contributed by atoms with Crippen LogP contribution in [0.5, 0.6) is 0 Å². The molecule has 0 nitrogen and oxygen atoms in total. The molecule has 0 spiro atoms. The molecular weight excluding hydrogens is 180 g/mol. The predicted molar refractivity (Wildman–Crippen MR) is 71.0 cm³/mol. The Hall–Kier alpha value is -0.260. The Kier molecular flexibility index (Phi) is 6.24. The lowest BCUT2D eigenvalue weighted by Crippen LogP contribution is -2.08. The van der Waals surface area contributed by atoms with E-state index in [1.54, 1.807) is 0 Å². The lowest BCUT2D eigenvalue weighted by molar-refractivity contribution is 0.357. The molecule has 2 atom stereocenters. The van der Waals surface area contributed by atoms with E-state index in [0.29, 0.717) is 5.41 Å². The molecule has 0 saturated carbocycles. The number of rotatable bonds is 5. The van der Waals surface area contributed by atoms with Crippen molar-refractivity contribution in [1.82, 2.24) is 0 Å². The van der Waals surface area contributed by atoms with E-state index < -0.39 is 0 Å². The second-order valence-electron chi connectivity index (χ2n) is 6.63. The molecular formula is C15H30. The first-order chi connectivity index (χ1) is 6.72. The lowest BCUT2D eigenvalue weighted by atomic mass is 9.87. The van der Waals surface area contributed by atoms with Crippen LogP contribution in [0.1, 0.15) is 61.3 Å². The molecule has 90 valence electrons. The molecule has 15 heavy (non-hydrogen) atoms. The van der Waals surface area contributed by atoms with E-state index in [1.807, 2.05) is 0 Å². The average molecular weight is 210 g/mol. The molecule has 0 aliphatic heterocycles. The number of allylic oxidation sites excluding steroid dienone is 2. The first-order valence-corrected chi connectivity index (χ1v) is 6.39. The van der Waals surface area contributed by atoms with E-state index in [-0.39, 0.29) is 0 Å². The van der Waals surface area contributed by atoms with Gasteiger partial charge in [0, 0.05) is 0 Å². The van der Waals surface area contributed by atoms with E-state index in [9.17, 15) is 0 Å². The van der Waals surface area contributed by atoms with Gasteiger partial charge in [0.25, 0.3) is 0 Å². The molecule has 0 aromatic heterocycles. The van der Waals surface area contributed by atoms with E-state index in [0.717, 1.165) is 17.8 Å². The quantitative estimate of drug-likeness (QED) is 0.540. The fourth-order valence-electron chi connectivity index (χ4n) is 1.59. The highest BCUT2D eigenvalue weighted by atomic mass is 14.2. The van der Waals surface area contributed by atoms with Crippen molar-refractivity contribution in [1.29, 1.82) is 0 Å². The van der Waals surface area contributed by atoms with Crippen molar-refractivity contribution in [2.24, 2.45) is 23.2 Å². The second kappa shape index (κ2) is 6.35. The summed E-state index contributed by atoms with van der Waals surface area (Å²) in [6.45, 7) is 16.2. The van der Waals surface area contributed by atoms with Crippen LogP contribution in [0.4, 0.5) is 0 Å². The largest absolute Gasteiger partial charge is 0.0877 e. The van der Waals surface area contributed by atoms with Gasteiger partial charge in [0.05, 0.1) is 0 Å². The Balaban J connectivity index is 3.88. The summed E-state index contributed by atoms with van der Waals surface area (Å²) in [5.74, 6) is 2.37. The second-order valence-corrected chi connectivity index (χ2v) is 6.63. The Bertz CT molecular complexity index is 181. The predicted octanol–water partition coefficient (Wildman–Crippen LogP) is 5.30. The molecule has 0 saturated heterocycles. The highest BCUT2D eigenvalue weighted by molar-refractivity contribution is 4.90. The zero-order chi connectivity index (χ0) is 12.1. The minimum atomic E-state index is 0.430. The molecule has 0 bridgehead atoms. The minimum absolute atomic E-state index is 0.430. The average Bonchev–Trinajstić information content (AvgIpc) is 2.01. The molecule has 0 radical (unpaired) electrons. The van der Waals surface area contributed by atoms with E-state index >= 15 is 0 Å². The van der Waals surface area contributed by atoms with Crippen LogP contribution in [0.3, 0.4) is 0 Å². The van der Waals surface area contributed by atoms with Crippen LogP contribution in [0.25, 0.3) is 0 Å². The SMILES string of the molecule is CC(C=CCC(C)(C)C)CC(C)C(C)C. The van der Waals surface area contributed by atoms with Crippen molar-refractivity contribution in [2.45, 2.75) is 61.3 Å². The van der Waals surface area contributed by atoms with Gasteiger partial charge in [0.2, 0.25) is 0 Å². The van der Waals surface area contributed by atoms with Crippen molar-refractivity contribution in [2.75, 3.05) is 0 Å². The number of hydrogen-bond donors (Lipinski definition) is 0. The maximum absolute atomic E-state index is 2.39. The monoisotopic (exact) mass is 210 g/mol. The van der Waals surface area contributed by atoms with Gasteiger partial charge in [0.1, 0.15) is 0 Å². The molecule has 0 aliphatic carbocycles. The van der Waals surface area contributed by atoms with Crippen molar-refractivity contribution < 1.29 is 0 Å². The molecule has 0 N–H and O–H groups in total.